The Balaban J connectivity index is 3.00. The van der Waals surface area contributed by atoms with E-state index < -0.39 is 5.91 Å². The third kappa shape index (κ3) is 1.73. The second-order valence-electron chi connectivity index (χ2n) is 2.11. The number of hydrogen-bond acceptors (Lipinski definition) is 3. The highest BCUT2D eigenvalue weighted by Gasteiger charge is 2.07. The van der Waals surface area contributed by atoms with Crippen LogP contribution in [0.4, 0.5) is 0 Å². The molecule has 2 N–H and O–H groups in total. The lowest BCUT2D eigenvalue weighted by Gasteiger charge is -2.03. The lowest BCUT2D eigenvalue weighted by molar-refractivity contribution is -0.178. The van der Waals surface area contributed by atoms with Crippen molar-refractivity contribution in [3.8, 4) is 5.75 Å². The molecule has 0 atom stereocenters. The maximum atomic E-state index is 10.8. The van der Waals surface area contributed by atoms with Crippen molar-refractivity contribution in [2.75, 3.05) is 7.11 Å². The quantitative estimate of drug-likeness (QED) is 0.533. The molecule has 0 aliphatic carbocycles. The van der Waals surface area contributed by atoms with Crippen LogP contribution >= 0.6 is 0 Å². The normalized spacial score (nSPS) is 9.42. The van der Waals surface area contributed by atoms with Crippen molar-refractivity contribution >= 4 is 5.91 Å². The molecular formula is C8H9NO3. The zero-order valence-corrected chi connectivity index (χ0v) is 6.61. The molecule has 1 aromatic carbocycles. The van der Waals surface area contributed by atoms with Crippen LogP contribution in [0, 0.1) is 0 Å². The Morgan fingerprint density at radius 1 is 1.42 bits per heavy atom. The van der Waals surface area contributed by atoms with Gasteiger partial charge in [0.2, 0.25) is 0 Å². The number of primary amides is 1. The number of carbonyl (C=O) groups is 1. The fourth-order valence-corrected chi connectivity index (χ4v) is 0.833. The van der Waals surface area contributed by atoms with Gasteiger partial charge in [-0.3, -0.25) is 4.79 Å². The van der Waals surface area contributed by atoms with Gasteiger partial charge in [0.25, 0.3) is 5.91 Å². The van der Waals surface area contributed by atoms with Gasteiger partial charge in [-0.15, -0.1) is 0 Å². The SMILES string of the molecule is COOc1ccccc1C(N)=O. The lowest BCUT2D eigenvalue weighted by Crippen LogP contribution is -2.12. The summed E-state index contributed by atoms with van der Waals surface area (Å²) < 4.78 is 0. The molecule has 0 saturated heterocycles. The van der Waals surface area contributed by atoms with E-state index in [1.807, 2.05) is 0 Å². The number of amides is 1. The molecule has 0 unspecified atom stereocenters. The molecule has 0 aliphatic heterocycles. The Labute approximate surface area is 69.8 Å². The standard InChI is InChI=1S/C8H9NO3/c1-11-12-7-5-3-2-4-6(7)8(9)10/h2-5H,1H3,(H2,9,10). The van der Waals surface area contributed by atoms with Crippen molar-refractivity contribution in [2.24, 2.45) is 5.73 Å². The Morgan fingerprint density at radius 2 is 2.08 bits per heavy atom. The molecule has 12 heavy (non-hydrogen) atoms. The van der Waals surface area contributed by atoms with Gasteiger partial charge in [-0.1, -0.05) is 12.1 Å². The molecule has 0 bridgehead atoms. The van der Waals surface area contributed by atoms with Gasteiger partial charge in [0.15, 0.2) is 5.75 Å². The lowest BCUT2D eigenvalue weighted by atomic mass is 10.2. The molecule has 4 heteroatoms. The second kappa shape index (κ2) is 3.73. The van der Waals surface area contributed by atoms with Crippen LogP contribution in [0.25, 0.3) is 0 Å². The molecule has 0 aromatic heterocycles. The summed E-state index contributed by atoms with van der Waals surface area (Å²) >= 11 is 0. The molecule has 0 radical (unpaired) electrons. The van der Waals surface area contributed by atoms with Gasteiger partial charge in [0, 0.05) is 0 Å². The van der Waals surface area contributed by atoms with Crippen molar-refractivity contribution in [2.45, 2.75) is 0 Å². The van der Waals surface area contributed by atoms with E-state index in [9.17, 15) is 4.79 Å². The van der Waals surface area contributed by atoms with E-state index >= 15 is 0 Å². The predicted molar refractivity (Wildman–Crippen MR) is 42.6 cm³/mol. The smallest absolute Gasteiger partial charge is 0.252 e. The summed E-state index contributed by atoms with van der Waals surface area (Å²) in [5.74, 6) is -0.213. The van der Waals surface area contributed by atoms with Gasteiger partial charge in [-0.05, 0) is 12.1 Å². The molecular weight excluding hydrogens is 158 g/mol. The molecule has 0 aliphatic rings. The van der Waals surface area contributed by atoms with E-state index in [4.69, 9.17) is 10.6 Å². The predicted octanol–water partition coefficient (Wildman–Crippen LogP) is 0.726. The largest absolute Gasteiger partial charge is 0.365 e. The highest BCUT2D eigenvalue weighted by molar-refractivity contribution is 5.95. The minimum atomic E-state index is -0.539. The van der Waals surface area contributed by atoms with Gasteiger partial charge >= 0.3 is 0 Å². The summed E-state index contributed by atoms with van der Waals surface area (Å²) in [7, 11) is 1.36. The van der Waals surface area contributed by atoms with Crippen molar-refractivity contribution in [1.82, 2.24) is 0 Å². The van der Waals surface area contributed by atoms with Gasteiger partial charge in [0.1, 0.15) is 0 Å². The zero-order valence-electron chi connectivity index (χ0n) is 6.61. The molecule has 64 valence electrons. The molecule has 1 amide bonds. The molecule has 0 saturated carbocycles. The zero-order chi connectivity index (χ0) is 8.97. The highest BCUT2D eigenvalue weighted by atomic mass is 17.2. The molecule has 0 spiro atoms. The highest BCUT2D eigenvalue weighted by Crippen LogP contribution is 2.16. The summed E-state index contributed by atoms with van der Waals surface area (Å²) in [6.07, 6.45) is 0. The summed E-state index contributed by atoms with van der Waals surface area (Å²) in [4.78, 5) is 19.9. The summed E-state index contributed by atoms with van der Waals surface area (Å²) in [6, 6.07) is 6.59. The second-order valence-corrected chi connectivity index (χ2v) is 2.11. The summed E-state index contributed by atoms with van der Waals surface area (Å²) in [6.45, 7) is 0. The van der Waals surface area contributed by atoms with Crippen LogP contribution in [0.2, 0.25) is 0 Å². The number of benzene rings is 1. The van der Waals surface area contributed by atoms with Gasteiger partial charge in [-0.25, -0.2) is 0 Å². The number of carbonyl (C=O) groups excluding carboxylic acids is 1. The number of nitrogens with two attached hydrogens (primary N) is 1. The van der Waals surface area contributed by atoms with E-state index in [-0.39, 0.29) is 0 Å². The maximum Gasteiger partial charge on any atom is 0.252 e. The van der Waals surface area contributed by atoms with Crippen LogP contribution in [0.1, 0.15) is 10.4 Å². The average Bonchev–Trinajstić information content (AvgIpc) is 2.05. The minimum absolute atomic E-state index is 0.305. The first-order valence-electron chi connectivity index (χ1n) is 3.35. The van der Waals surface area contributed by atoms with Gasteiger partial charge in [0.05, 0.1) is 12.7 Å². The van der Waals surface area contributed by atoms with Gasteiger partial charge in [-0.2, -0.15) is 4.89 Å². The maximum absolute atomic E-state index is 10.8. The Bertz CT molecular complexity index is 285. The van der Waals surface area contributed by atoms with E-state index in [1.54, 1.807) is 24.3 Å². The van der Waals surface area contributed by atoms with Crippen molar-refractivity contribution in [3.63, 3.8) is 0 Å². The van der Waals surface area contributed by atoms with Crippen LogP contribution in [-0.4, -0.2) is 13.0 Å². The number of para-hydroxylation sites is 1. The van der Waals surface area contributed by atoms with Crippen LogP contribution < -0.4 is 10.6 Å². The first-order chi connectivity index (χ1) is 5.75. The monoisotopic (exact) mass is 167 g/mol. The average molecular weight is 167 g/mol. The topological polar surface area (TPSA) is 61.6 Å². The van der Waals surface area contributed by atoms with E-state index in [2.05, 4.69) is 4.89 Å². The summed E-state index contributed by atoms with van der Waals surface area (Å²) in [5, 5.41) is 0. The molecule has 0 heterocycles. The van der Waals surface area contributed by atoms with Crippen LogP contribution in [0.3, 0.4) is 0 Å². The number of rotatable bonds is 3. The minimum Gasteiger partial charge on any atom is -0.365 e. The fourth-order valence-electron chi connectivity index (χ4n) is 0.833. The van der Waals surface area contributed by atoms with Crippen molar-refractivity contribution < 1.29 is 14.6 Å². The molecule has 1 rings (SSSR count). The molecule has 0 fully saturated rings. The van der Waals surface area contributed by atoms with Crippen LogP contribution in [-0.2, 0) is 4.89 Å². The van der Waals surface area contributed by atoms with Crippen LogP contribution in [0.5, 0.6) is 5.75 Å². The van der Waals surface area contributed by atoms with Crippen LogP contribution in [0.15, 0.2) is 24.3 Å². The van der Waals surface area contributed by atoms with Crippen molar-refractivity contribution in [3.05, 3.63) is 29.8 Å². The number of hydrogen-bond donors (Lipinski definition) is 1. The van der Waals surface area contributed by atoms with Crippen molar-refractivity contribution in [1.29, 1.82) is 0 Å². The first kappa shape index (κ1) is 8.55. The summed E-state index contributed by atoms with van der Waals surface area (Å²) in [5.41, 5.74) is 5.38. The van der Waals surface area contributed by atoms with E-state index in [0.717, 1.165) is 0 Å². The van der Waals surface area contributed by atoms with E-state index in [0.29, 0.717) is 11.3 Å². The fraction of sp³-hybridized carbons (Fsp3) is 0.125. The Kier molecular flexibility index (Phi) is 2.66. The first-order valence-corrected chi connectivity index (χ1v) is 3.35. The molecule has 1 aromatic rings. The van der Waals surface area contributed by atoms with E-state index in [1.165, 1.54) is 7.11 Å². The van der Waals surface area contributed by atoms with Gasteiger partial charge < -0.3 is 10.6 Å². The third-order valence-corrected chi connectivity index (χ3v) is 1.33. The Hall–Kier alpha value is -1.55. The third-order valence-electron chi connectivity index (χ3n) is 1.33. The molecule has 4 nitrogen and oxygen atoms in total. The Morgan fingerprint density at radius 3 is 2.67 bits per heavy atom.